The highest BCUT2D eigenvalue weighted by atomic mass is 32.2. The molecular weight excluding hydrogens is 336 g/mol. The number of hydrogen-bond donors (Lipinski definition) is 1. The predicted octanol–water partition coefficient (Wildman–Crippen LogP) is 2.83. The van der Waals surface area contributed by atoms with Crippen molar-refractivity contribution < 1.29 is 13.2 Å². The average Bonchev–Trinajstić information content (AvgIpc) is 2.59. The van der Waals surface area contributed by atoms with Gasteiger partial charge in [0.05, 0.1) is 17.5 Å². The lowest BCUT2D eigenvalue weighted by molar-refractivity contribution is 0.0939. The zero-order chi connectivity index (χ0) is 18.4. The van der Waals surface area contributed by atoms with Crippen LogP contribution in [0.3, 0.4) is 0 Å². The zero-order valence-electron chi connectivity index (χ0n) is 14.8. The summed E-state index contributed by atoms with van der Waals surface area (Å²) in [6.45, 7) is 1.95. The van der Waals surface area contributed by atoms with Crippen molar-refractivity contribution in [1.82, 2.24) is 5.32 Å². The molecule has 0 bridgehead atoms. The van der Waals surface area contributed by atoms with Crippen molar-refractivity contribution >= 4 is 21.6 Å². The fraction of sp³-hybridized carbons (Fsp3) is 0.316. The highest BCUT2D eigenvalue weighted by Crippen LogP contribution is 2.21. The Labute approximate surface area is 149 Å². The largest absolute Gasteiger partial charge is 0.350 e. The highest BCUT2D eigenvalue weighted by Gasteiger charge is 2.20. The number of amides is 1. The van der Waals surface area contributed by atoms with E-state index < -0.39 is 10.0 Å². The third kappa shape index (κ3) is 5.32. The van der Waals surface area contributed by atoms with Crippen LogP contribution < -0.4 is 9.62 Å². The highest BCUT2D eigenvalue weighted by molar-refractivity contribution is 7.92. The van der Waals surface area contributed by atoms with Crippen LogP contribution in [0, 0.1) is 0 Å². The van der Waals surface area contributed by atoms with E-state index in [1.54, 1.807) is 24.3 Å². The lowest BCUT2D eigenvalue weighted by atomic mass is 10.1. The first-order chi connectivity index (χ1) is 11.8. The van der Waals surface area contributed by atoms with Crippen LogP contribution in [0.5, 0.6) is 0 Å². The Morgan fingerprint density at radius 2 is 1.68 bits per heavy atom. The predicted molar refractivity (Wildman–Crippen MR) is 101 cm³/mol. The topological polar surface area (TPSA) is 66.5 Å². The summed E-state index contributed by atoms with van der Waals surface area (Å²) in [6.07, 6.45) is 2.79. The molecule has 2 aromatic carbocycles. The van der Waals surface area contributed by atoms with Crippen LogP contribution in [0.4, 0.5) is 5.69 Å². The first-order valence-corrected chi connectivity index (χ1v) is 10.0. The summed E-state index contributed by atoms with van der Waals surface area (Å²) >= 11 is 0. The van der Waals surface area contributed by atoms with Gasteiger partial charge in [0.1, 0.15) is 0 Å². The number of anilines is 1. The van der Waals surface area contributed by atoms with Gasteiger partial charge in [-0.25, -0.2) is 8.42 Å². The van der Waals surface area contributed by atoms with Gasteiger partial charge in [-0.3, -0.25) is 9.10 Å². The van der Waals surface area contributed by atoms with Gasteiger partial charge < -0.3 is 5.32 Å². The SMILES string of the molecule is C[C@H](CCc1ccccc1)NC(=O)c1ccccc1N(C)S(C)(=O)=O. The minimum atomic E-state index is -3.43. The minimum absolute atomic E-state index is 0.0238. The molecule has 0 aromatic heterocycles. The third-order valence-corrected chi connectivity index (χ3v) is 5.26. The summed E-state index contributed by atoms with van der Waals surface area (Å²) in [5.41, 5.74) is 1.94. The van der Waals surface area contributed by atoms with Crippen LogP contribution in [0.25, 0.3) is 0 Å². The van der Waals surface area contributed by atoms with E-state index in [9.17, 15) is 13.2 Å². The Morgan fingerprint density at radius 3 is 2.32 bits per heavy atom. The molecular formula is C19H24N2O3S. The molecule has 0 aliphatic carbocycles. The van der Waals surface area contributed by atoms with E-state index in [1.807, 2.05) is 25.1 Å². The molecule has 134 valence electrons. The second-order valence-electron chi connectivity index (χ2n) is 6.15. The van der Waals surface area contributed by atoms with Gasteiger partial charge in [0.2, 0.25) is 10.0 Å². The zero-order valence-corrected chi connectivity index (χ0v) is 15.6. The van der Waals surface area contributed by atoms with Gasteiger partial charge in [0, 0.05) is 13.1 Å². The molecule has 0 unspecified atom stereocenters. The standard InChI is InChI=1S/C19H24N2O3S/c1-15(13-14-16-9-5-4-6-10-16)20-19(22)17-11-7-8-12-18(17)21(2)25(3,23)24/h4-12,15H,13-14H2,1-3H3,(H,20,22)/t15-/m1/s1. The number of para-hydroxylation sites is 1. The summed E-state index contributed by atoms with van der Waals surface area (Å²) < 4.78 is 24.7. The van der Waals surface area contributed by atoms with Crippen LogP contribution in [0.1, 0.15) is 29.3 Å². The molecule has 0 heterocycles. The smallest absolute Gasteiger partial charge is 0.253 e. The number of carbonyl (C=O) groups excluding carboxylic acids is 1. The number of sulfonamides is 1. The number of nitrogens with zero attached hydrogens (tertiary/aromatic N) is 1. The van der Waals surface area contributed by atoms with Crippen molar-refractivity contribution in [2.24, 2.45) is 0 Å². The fourth-order valence-electron chi connectivity index (χ4n) is 2.52. The normalized spacial score (nSPS) is 12.4. The molecule has 25 heavy (non-hydrogen) atoms. The first-order valence-electron chi connectivity index (χ1n) is 8.16. The van der Waals surface area contributed by atoms with E-state index in [1.165, 1.54) is 12.6 Å². The molecule has 0 aliphatic heterocycles. The van der Waals surface area contributed by atoms with Crippen LogP contribution in [-0.2, 0) is 16.4 Å². The van der Waals surface area contributed by atoms with Gasteiger partial charge in [-0.15, -0.1) is 0 Å². The summed E-state index contributed by atoms with van der Waals surface area (Å²) in [6, 6.07) is 16.8. The molecule has 1 N–H and O–H groups in total. The van der Waals surface area contributed by atoms with Crippen molar-refractivity contribution in [1.29, 1.82) is 0 Å². The third-order valence-electron chi connectivity index (χ3n) is 4.07. The molecule has 0 saturated carbocycles. The fourth-order valence-corrected chi connectivity index (χ4v) is 3.04. The van der Waals surface area contributed by atoms with Crippen LogP contribution >= 0.6 is 0 Å². The maximum Gasteiger partial charge on any atom is 0.253 e. The number of hydrogen-bond acceptors (Lipinski definition) is 3. The number of rotatable bonds is 7. The Kier molecular flexibility index (Phi) is 6.20. The first kappa shape index (κ1) is 19.0. The van der Waals surface area contributed by atoms with E-state index in [-0.39, 0.29) is 11.9 Å². The molecule has 5 nitrogen and oxygen atoms in total. The average molecular weight is 360 g/mol. The Morgan fingerprint density at radius 1 is 1.08 bits per heavy atom. The summed E-state index contributed by atoms with van der Waals surface area (Å²) in [4.78, 5) is 12.6. The van der Waals surface area contributed by atoms with Crippen molar-refractivity contribution in [2.45, 2.75) is 25.8 Å². The Bertz CT molecular complexity index is 820. The van der Waals surface area contributed by atoms with E-state index in [2.05, 4.69) is 17.4 Å². The molecule has 0 spiro atoms. The molecule has 0 radical (unpaired) electrons. The Balaban J connectivity index is 2.05. The lowest BCUT2D eigenvalue weighted by Gasteiger charge is -2.21. The minimum Gasteiger partial charge on any atom is -0.350 e. The summed E-state index contributed by atoms with van der Waals surface area (Å²) in [7, 11) is -1.99. The van der Waals surface area contributed by atoms with Gasteiger partial charge in [-0.2, -0.15) is 0 Å². The maximum atomic E-state index is 12.6. The van der Waals surface area contributed by atoms with Crippen molar-refractivity contribution in [3.8, 4) is 0 Å². The van der Waals surface area contributed by atoms with Crippen LogP contribution in [-0.4, -0.2) is 33.7 Å². The second-order valence-corrected chi connectivity index (χ2v) is 8.16. The summed E-state index contributed by atoms with van der Waals surface area (Å²) in [5.74, 6) is -0.272. The van der Waals surface area contributed by atoms with Crippen molar-refractivity contribution in [3.63, 3.8) is 0 Å². The lowest BCUT2D eigenvalue weighted by Crippen LogP contribution is -2.35. The molecule has 1 amide bonds. The van der Waals surface area contributed by atoms with Crippen LogP contribution in [0.2, 0.25) is 0 Å². The van der Waals surface area contributed by atoms with Gasteiger partial charge in [-0.05, 0) is 37.5 Å². The molecule has 2 aromatic rings. The number of aryl methyl sites for hydroxylation is 1. The maximum absolute atomic E-state index is 12.6. The molecule has 6 heteroatoms. The van der Waals surface area contributed by atoms with Gasteiger partial charge in [0.15, 0.2) is 0 Å². The molecule has 0 saturated heterocycles. The van der Waals surface area contributed by atoms with Gasteiger partial charge in [0.25, 0.3) is 5.91 Å². The van der Waals surface area contributed by atoms with Crippen molar-refractivity contribution in [2.75, 3.05) is 17.6 Å². The number of nitrogens with one attached hydrogen (secondary N) is 1. The van der Waals surface area contributed by atoms with Gasteiger partial charge in [-0.1, -0.05) is 42.5 Å². The quantitative estimate of drug-likeness (QED) is 0.826. The van der Waals surface area contributed by atoms with E-state index in [4.69, 9.17) is 0 Å². The van der Waals surface area contributed by atoms with Crippen LogP contribution in [0.15, 0.2) is 54.6 Å². The summed E-state index contributed by atoms with van der Waals surface area (Å²) in [5, 5.41) is 2.95. The van der Waals surface area contributed by atoms with Gasteiger partial charge >= 0.3 is 0 Å². The molecule has 1 atom stereocenters. The number of benzene rings is 2. The molecule has 0 fully saturated rings. The molecule has 0 aliphatic rings. The number of carbonyl (C=O) groups is 1. The monoisotopic (exact) mass is 360 g/mol. The van der Waals surface area contributed by atoms with Crippen molar-refractivity contribution in [3.05, 3.63) is 65.7 Å². The van der Waals surface area contributed by atoms with E-state index in [0.29, 0.717) is 11.3 Å². The second kappa shape index (κ2) is 8.16. The molecule has 2 rings (SSSR count). The van der Waals surface area contributed by atoms with E-state index in [0.717, 1.165) is 23.4 Å². The van der Waals surface area contributed by atoms with E-state index >= 15 is 0 Å². The Hall–Kier alpha value is -2.34.